The first-order valence-electron chi connectivity index (χ1n) is 6.26. The van der Waals surface area contributed by atoms with Crippen molar-refractivity contribution in [1.82, 2.24) is 14.5 Å². The summed E-state index contributed by atoms with van der Waals surface area (Å²) in [5.41, 5.74) is 0. The van der Waals surface area contributed by atoms with E-state index in [9.17, 15) is 13.6 Å². The van der Waals surface area contributed by atoms with Crippen molar-refractivity contribution in [3.8, 4) is 11.8 Å². The Morgan fingerprint density at radius 3 is 2.50 bits per heavy atom. The maximum Gasteiger partial charge on any atom is 0.367 e. The van der Waals surface area contributed by atoms with Crippen LogP contribution in [-0.2, 0) is 17.0 Å². The number of rotatable bonds is 4. The number of carbonyl (C=O) groups is 1. The Balaban J connectivity index is 2.23. The third-order valence-electron chi connectivity index (χ3n) is 2.53. The van der Waals surface area contributed by atoms with Crippen molar-refractivity contribution in [2.24, 2.45) is 16.7 Å². The van der Waals surface area contributed by atoms with Gasteiger partial charge in [-0.15, -0.1) is 11.3 Å². The summed E-state index contributed by atoms with van der Waals surface area (Å²) < 4.78 is 36.4. The van der Waals surface area contributed by atoms with Crippen LogP contribution in [0.2, 0.25) is 0 Å². The average Bonchev–Trinajstić information content (AvgIpc) is 2.99. The quantitative estimate of drug-likeness (QED) is 0.614. The van der Waals surface area contributed by atoms with Crippen molar-refractivity contribution >= 4 is 33.3 Å². The minimum atomic E-state index is -3.82. The number of ether oxygens (including phenoxy) is 2. The molecule has 1 atom stereocenters. The van der Waals surface area contributed by atoms with Gasteiger partial charge in [0, 0.05) is 18.6 Å². The molecule has 0 bridgehead atoms. The van der Waals surface area contributed by atoms with Gasteiger partial charge in [0.2, 0.25) is 27.7 Å². The molecule has 0 spiro atoms. The highest BCUT2D eigenvalue weighted by Crippen LogP contribution is 2.17. The number of carbonyl (C=O) groups excluding carboxylic acids is 1. The fourth-order valence-electron chi connectivity index (χ4n) is 1.49. The number of urea groups is 1. The Labute approximate surface area is 141 Å². The Hall–Kier alpha value is -2.51. The van der Waals surface area contributed by atoms with Crippen LogP contribution in [0.5, 0.6) is 11.8 Å². The maximum atomic E-state index is 12.1. The molecule has 2 aromatic heterocycles. The van der Waals surface area contributed by atoms with Crippen LogP contribution in [0, 0.1) is 3.95 Å². The van der Waals surface area contributed by atoms with Gasteiger partial charge in [-0.25, -0.2) is 9.00 Å². The molecule has 2 amide bonds. The number of methoxy groups -OCH3 is 2. The summed E-state index contributed by atoms with van der Waals surface area (Å²) in [5, 5.41) is 6.99. The predicted molar refractivity (Wildman–Crippen MR) is 86.3 cm³/mol. The molecule has 2 aromatic rings. The van der Waals surface area contributed by atoms with E-state index in [2.05, 4.69) is 24.9 Å². The van der Waals surface area contributed by atoms with Gasteiger partial charge >= 0.3 is 6.03 Å². The molecule has 0 saturated carbocycles. The van der Waals surface area contributed by atoms with Gasteiger partial charge in [0.25, 0.3) is 0 Å². The third-order valence-corrected chi connectivity index (χ3v) is 5.26. The molecule has 2 heterocycles. The van der Waals surface area contributed by atoms with E-state index in [1.807, 2.05) is 0 Å². The number of aryl methyl sites for hydroxylation is 1. The van der Waals surface area contributed by atoms with Crippen LogP contribution in [0.3, 0.4) is 0 Å². The molecule has 0 radical (unpaired) electrons. The van der Waals surface area contributed by atoms with Gasteiger partial charge in [0.05, 0.1) is 20.3 Å². The van der Waals surface area contributed by atoms with E-state index in [0.717, 1.165) is 11.3 Å². The summed E-state index contributed by atoms with van der Waals surface area (Å²) in [5.74, 6) is 0.164. The normalized spacial score (nSPS) is 13.5. The van der Waals surface area contributed by atoms with Crippen LogP contribution in [0.4, 0.5) is 10.7 Å². The van der Waals surface area contributed by atoms with E-state index in [0.29, 0.717) is 0 Å². The van der Waals surface area contributed by atoms with Crippen LogP contribution >= 0.6 is 11.3 Å². The molecule has 11 nitrogen and oxygen atoms in total. The minimum absolute atomic E-state index is 0.0540. The molecule has 2 rings (SSSR count). The second-order valence-corrected chi connectivity index (χ2v) is 6.86. The van der Waals surface area contributed by atoms with Gasteiger partial charge < -0.3 is 14.0 Å². The van der Waals surface area contributed by atoms with E-state index in [-0.39, 0.29) is 21.7 Å². The molecule has 0 aliphatic heterocycles. The zero-order valence-corrected chi connectivity index (χ0v) is 14.5. The van der Waals surface area contributed by atoms with E-state index >= 15 is 0 Å². The summed E-state index contributed by atoms with van der Waals surface area (Å²) in [6, 6.07) is 0.389. The van der Waals surface area contributed by atoms with Gasteiger partial charge in [-0.3, -0.25) is 9.87 Å². The topological polar surface area (TPSA) is 140 Å². The van der Waals surface area contributed by atoms with Gasteiger partial charge in [-0.2, -0.15) is 9.97 Å². The van der Waals surface area contributed by atoms with E-state index in [1.54, 1.807) is 18.6 Å². The zero-order valence-electron chi connectivity index (χ0n) is 12.9. The van der Waals surface area contributed by atoms with E-state index in [1.165, 1.54) is 24.9 Å². The van der Waals surface area contributed by atoms with Crippen LogP contribution in [0.1, 0.15) is 0 Å². The Bertz CT molecular complexity index is 905. The lowest BCUT2D eigenvalue weighted by molar-refractivity contribution is 0.258. The van der Waals surface area contributed by atoms with Gasteiger partial charge in [-0.05, 0) is 0 Å². The van der Waals surface area contributed by atoms with Crippen LogP contribution in [0.25, 0.3) is 0 Å². The van der Waals surface area contributed by atoms with Crippen LogP contribution in [0.15, 0.2) is 27.3 Å². The standard InChI is InChI=1S/C11H14N6O5S2/c1-17-4-5-23-11(17)24(19,20)16-15-10(18)14-9-12-7(21-2)6-8(13-9)22-3/h4-6H,1-3H3,(H,19,20)(H,12,13,14,18). The minimum Gasteiger partial charge on any atom is -0.481 e. The number of hydrogen-bond donors (Lipinski definition) is 2. The van der Waals surface area contributed by atoms with Crippen molar-refractivity contribution in [3.05, 3.63) is 21.6 Å². The Kier molecular flexibility index (Phi) is 5.48. The third kappa shape index (κ3) is 4.27. The van der Waals surface area contributed by atoms with Crippen molar-refractivity contribution < 1.29 is 23.0 Å². The molecule has 130 valence electrons. The summed E-state index contributed by atoms with van der Waals surface area (Å²) >= 11 is 1.02. The summed E-state index contributed by atoms with van der Waals surface area (Å²) in [6.45, 7) is 0. The molecule has 2 N–H and O–H groups in total. The lowest BCUT2D eigenvalue weighted by Crippen LogP contribution is -2.11. The first-order chi connectivity index (χ1) is 11.4. The first kappa shape index (κ1) is 17.8. The number of thiazole rings is 1. The number of nitrogens with one attached hydrogen (secondary N) is 1. The number of hydrogen-bond acceptors (Lipinski definition) is 7. The average molecular weight is 374 g/mol. The molecular weight excluding hydrogens is 360 g/mol. The molecule has 0 aliphatic rings. The fraction of sp³-hybridized carbons (Fsp3) is 0.273. The number of aromatic nitrogens is 3. The SMILES string of the molecule is COc1cc(OC)nc(NC(=O)N=NS(=O)(O)=c2sccn2C)n1. The van der Waals surface area contributed by atoms with Gasteiger partial charge in [0.15, 0.2) is 3.95 Å². The highest BCUT2D eigenvalue weighted by Gasteiger charge is 2.10. The van der Waals surface area contributed by atoms with Crippen LogP contribution in [-0.4, -0.2) is 43.5 Å². The van der Waals surface area contributed by atoms with Gasteiger partial charge in [-0.1, -0.05) is 9.63 Å². The summed E-state index contributed by atoms with van der Waals surface area (Å²) in [4.78, 5) is 19.5. The number of nitrogens with zero attached hydrogens (tertiary/aromatic N) is 5. The molecular formula is C11H14N6O5S2. The molecule has 24 heavy (non-hydrogen) atoms. The highest BCUT2D eigenvalue weighted by atomic mass is 32.2. The second kappa shape index (κ2) is 7.37. The van der Waals surface area contributed by atoms with Crippen molar-refractivity contribution in [2.75, 3.05) is 19.5 Å². The van der Waals surface area contributed by atoms with Crippen LogP contribution < -0.4 is 14.8 Å². The monoisotopic (exact) mass is 374 g/mol. The van der Waals surface area contributed by atoms with E-state index < -0.39 is 16.0 Å². The summed E-state index contributed by atoms with van der Waals surface area (Å²) in [7, 11) is 0.523. The smallest absolute Gasteiger partial charge is 0.367 e. The molecule has 0 saturated heterocycles. The molecule has 0 aliphatic carbocycles. The fourth-order valence-corrected chi connectivity index (χ4v) is 3.54. The van der Waals surface area contributed by atoms with Crippen molar-refractivity contribution in [2.45, 2.75) is 0 Å². The second-order valence-electron chi connectivity index (χ2n) is 4.16. The summed E-state index contributed by atoms with van der Waals surface area (Å²) in [6.07, 6.45) is 1.59. The maximum absolute atomic E-state index is 12.1. The molecule has 0 aromatic carbocycles. The Morgan fingerprint density at radius 2 is 2.00 bits per heavy atom. The van der Waals surface area contributed by atoms with E-state index in [4.69, 9.17) is 9.47 Å². The number of amides is 2. The Morgan fingerprint density at radius 1 is 1.38 bits per heavy atom. The first-order valence-corrected chi connectivity index (χ1v) is 8.61. The lowest BCUT2D eigenvalue weighted by atomic mass is 10.6. The molecule has 13 heteroatoms. The molecule has 0 fully saturated rings. The van der Waals surface area contributed by atoms with Crippen molar-refractivity contribution in [3.63, 3.8) is 0 Å². The highest BCUT2D eigenvalue weighted by molar-refractivity contribution is 7.89. The number of anilines is 1. The van der Waals surface area contributed by atoms with Gasteiger partial charge in [0.1, 0.15) is 0 Å². The lowest BCUT2D eigenvalue weighted by Gasteiger charge is -2.05. The predicted octanol–water partition coefficient (Wildman–Crippen LogP) is 1.78. The largest absolute Gasteiger partial charge is 0.481 e. The zero-order chi connectivity index (χ0) is 17.7. The molecule has 1 unspecified atom stereocenters. The van der Waals surface area contributed by atoms with Crippen molar-refractivity contribution in [1.29, 1.82) is 0 Å².